The molecule has 0 aromatic heterocycles. The highest BCUT2D eigenvalue weighted by Gasteiger charge is 2.11. The van der Waals surface area contributed by atoms with Gasteiger partial charge in [-0.15, -0.1) is 0 Å². The van der Waals surface area contributed by atoms with Gasteiger partial charge in [-0.2, -0.15) is 0 Å². The van der Waals surface area contributed by atoms with Crippen LogP contribution in [0.3, 0.4) is 0 Å². The topological polar surface area (TPSA) is 95.1 Å². The van der Waals surface area contributed by atoms with Crippen LogP contribution in [0.5, 0.6) is 23.0 Å². The highest BCUT2D eigenvalue weighted by molar-refractivity contribution is 6.03. The Morgan fingerprint density at radius 2 is 1.50 bits per heavy atom. The van der Waals surface area contributed by atoms with Crippen LogP contribution >= 0.6 is 0 Å². The molecule has 0 saturated carbocycles. The second kappa shape index (κ2) is 10.7. The van der Waals surface area contributed by atoms with Gasteiger partial charge in [0, 0.05) is 11.8 Å². The molecule has 2 aromatic rings. The zero-order valence-electron chi connectivity index (χ0n) is 16.1. The van der Waals surface area contributed by atoms with Crippen molar-refractivity contribution in [2.24, 2.45) is 0 Å². The molecule has 2 N–H and O–H groups in total. The Morgan fingerprint density at radius 1 is 0.821 bits per heavy atom. The van der Waals surface area contributed by atoms with Crippen molar-refractivity contribution in [3.63, 3.8) is 0 Å². The van der Waals surface area contributed by atoms with Gasteiger partial charge in [0.15, 0.2) is 11.5 Å². The van der Waals surface area contributed by atoms with Crippen LogP contribution < -0.4 is 29.6 Å². The molecule has 0 spiro atoms. The fraction of sp³-hybridized carbons (Fsp3) is 0.300. The average Bonchev–Trinajstić information content (AvgIpc) is 2.71. The summed E-state index contributed by atoms with van der Waals surface area (Å²) in [5.41, 5.74) is 0.512. The first kappa shape index (κ1) is 20.9. The average molecular weight is 388 g/mol. The molecule has 0 radical (unpaired) electrons. The van der Waals surface area contributed by atoms with Gasteiger partial charge >= 0.3 is 0 Å². The van der Waals surface area contributed by atoms with Crippen LogP contribution in [0.1, 0.15) is 6.42 Å². The Morgan fingerprint density at radius 3 is 2.14 bits per heavy atom. The van der Waals surface area contributed by atoms with Crippen LogP contribution in [0.2, 0.25) is 0 Å². The molecule has 0 aliphatic heterocycles. The van der Waals surface area contributed by atoms with Crippen LogP contribution in [-0.2, 0) is 9.59 Å². The molecule has 0 saturated heterocycles. The molecule has 2 amide bonds. The van der Waals surface area contributed by atoms with Gasteiger partial charge in [-0.25, -0.2) is 0 Å². The molecule has 2 aromatic carbocycles. The summed E-state index contributed by atoms with van der Waals surface area (Å²) < 4.78 is 20.9. The third-order valence-electron chi connectivity index (χ3n) is 3.74. The van der Waals surface area contributed by atoms with Gasteiger partial charge in [-0.1, -0.05) is 0 Å². The monoisotopic (exact) mass is 388 g/mol. The van der Waals surface area contributed by atoms with Crippen LogP contribution in [0.15, 0.2) is 42.5 Å². The normalized spacial score (nSPS) is 9.96. The number of ether oxygens (including phenoxy) is 4. The van der Waals surface area contributed by atoms with Crippen molar-refractivity contribution in [1.29, 1.82) is 0 Å². The lowest BCUT2D eigenvalue weighted by Gasteiger charge is -2.11. The van der Waals surface area contributed by atoms with Crippen molar-refractivity contribution in [2.45, 2.75) is 6.42 Å². The van der Waals surface area contributed by atoms with Gasteiger partial charge < -0.3 is 29.6 Å². The summed E-state index contributed by atoms with van der Waals surface area (Å²) in [6, 6.07) is 12.1. The van der Waals surface area contributed by atoms with Crippen LogP contribution in [0.25, 0.3) is 0 Å². The molecule has 0 fully saturated rings. The lowest BCUT2D eigenvalue weighted by molar-refractivity contribution is -0.126. The molecule has 0 unspecified atom stereocenters. The number of amides is 2. The van der Waals surface area contributed by atoms with E-state index in [1.807, 2.05) is 0 Å². The van der Waals surface area contributed by atoms with E-state index >= 15 is 0 Å². The molecule has 0 heterocycles. The number of carbonyl (C=O) groups is 2. The lowest BCUT2D eigenvalue weighted by Crippen LogP contribution is -2.31. The van der Waals surface area contributed by atoms with E-state index in [0.29, 0.717) is 22.9 Å². The number of nitrogens with one attached hydrogen (secondary N) is 2. The number of hydrogen-bond acceptors (Lipinski definition) is 6. The van der Waals surface area contributed by atoms with Crippen molar-refractivity contribution < 1.29 is 28.5 Å². The summed E-state index contributed by atoms with van der Waals surface area (Å²) in [6.45, 7) is 0.573. The molecule has 28 heavy (non-hydrogen) atoms. The Hall–Kier alpha value is -3.42. The van der Waals surface area contributed by atoms with Gasteiger partial charge in [-0.05, 0) is 36.4 Å². The fourth-order valence-electron chi connectivity index (χ4n) is 2.36. The van der Waals surface area contributed by atoms with E-state index in [1.165, 1.54) is 14.2 Å². The molecule has 0 atom stereocenters. The molecule has 0 bridgehead atoms. The SMILES string of the molecule is COc1ccc(OCCNC(=O)CC(=O)Nc2ccc(OC)c(OC)c2)cc1. The lowest BCUT2D eigenvalue weighted by atomic mass is 10.2. The second-order valence-corrected chi connectivity index (χ2v) is 5.67. The van der Waals surface area contributed by atoms with Gasteiger partial charge in [0.05, 0.1) is 27.9 Å². The summed E-state index contributed by atoms with van der Waals surface area (Å²) in [5, 5.41) is 5.29. The zero-order valence-corrected chi connectivity index (χ0v) is 16.1. The van der Waals surface area contributed by atoms with Gasteiger partial charge in [-0.3, -0.25) is 9.59 Å². The number of anilines is 1. The maximum atomic E-state index is 12.0. The van der Waals surface area contributed by atoms with Crippen molar-refractivity contribution in [3.05, 3.63) is 42.5 Å². The second-order valence-electron chi connectivity index (χ2n) is 5.67. The summed E-state index contributed by atoms with van der Waals surface area (Å²) in [5.74, 6) is 1.62. The van der Waals surface area contributed by atoms with Crippen LogP contribution in [-0.4, -0.2) is 46.3 Å². The predicted octanol–water partition coefficient (Wildman–Crippen LogP) is 2.24. The van der Waals surface area contributed by atoms with E-state index < -0.39 is 11.8 Å². The Labute approximate surface area is 163 Å². The minimum absolute atomic E-state index is 0.286. The highest BCUT2D eigenvalue weighted by atomic mass is 16.5. The van der Waals surface area contributed by atoms with Crippen molar-refractivity contribution in [2.75, 3.05) is 39.8 Å². The van der Waals surface area contributed by atoms with E-state index in [1.54, 1.807) is 49.6 Å². The zero-order chi connectivity index (χ0) is 20.4. The van der Waals surface area contributed by atoms with Crippen LogP contribution in [0.4, 0.5) is 5.69 Å². The molecule has 0 aliphatic carbocycles. The van der Waals surface area contributed by atoms with E-state index in [2.05, 4.69) is 10.6 Å². The van der Waals surface area contributed by atoms with Gasteiger partial charge in [0.1, 0.15) is 24.5 Å². The number of methoxy groups -OCH3 is 3. The first-order valence-corrected chi connectivity index (χ1v) is 8.61. The number of hydrogen-bond donors (Lipinski definition) is 2. The van der Waals surface area contributed by atoms with Gasteiger partial charge in [0.2, 0.25) is 11.8 Å². The van der Waals surface area contributed by atoms with Crippen molar-refractivity contribution >= 4 is 17.5 Å². The molecule has 8 heteroatoms. The third-order valence-corrected chi connectivity index (χ3v) is 3.74. The van der Waals surface area contributed by atoms with Gasteiger partial charge in [0.25, 0.3) is 0 Å². The number of benzene rings is 2. The van der Waals surface area contributed by atoms with E-state index in [9.17, 15) is 9.59 Å². The van der Waals surface area contributed by atoms with E-state index in [0.717, 1.165) is 5.75 Å². The quantitative estimate of drug-likeness (QED) is 0.479. The Balaban J connectivity index is 1.71. The summed E-state index contributed by atoms with van der Waals surface area (Å²) in [4.78, 5) is 23.9. The minimum atomic E-state index is -0.430. The standard InChI is InChI=1S/C20H24N2O6/c1-25-15-5-7-16(8-6-15)28-11-10-21-19(23)13-20(24)22-14-4-9-17(26-2)18(12-14)27-3/h4-9,12H,10-11,13H2,1-3H3,(H,21,23)(H,22,24). The summed E-state index contributed by atoms with van der Waals surface area (Å²) in [6.07, 6.45) is -0.295. The Bertz CT molecular complexity index is 792. The number of carbonyl (C=O) groups excluding carboxylic acids is 2. The van der Waals surface area contributed by atoms with Crippen LogP contribution in [0, 0.1) is 0 Å². The molecule has 150 valence electrons. The highest BCUT2D eigenvalue weighted by Crippen LogP contribution is 2.29. The third kappa shape index (κ3) is 6.39. The first-order chi connectivity index (χ1) is 13.5. The predicted molar refractivity (Wildman–Crippen MR) is 104 cm³/mol. The molecule has 0 aliphatic rings. The van der Waals surface area contributed by atoms with Crippen molar-refractivity contribution in [1.82, 2.24) is 5.32 Å². The van der Waals surface area contributed by atoms with E-state index in [-0.39, 0.29) is 19.6 Å². The largest absolute Gasteiger partial charge is 0.497 e. The molecular formula is C20H24N2O6. The van der Waals surface area contributed by atoms with E-state index in [4.69, 9.17) is 18.9 Å². The summed E-state index contributed by atoms with van der Waals surface area (Å²) in [7, 11) is 4.62. The first-order valence-electron chi connectivity index (χ1n) is 8.61. The summed E-state index contributed by atoms with van der Waals surface area (Å²) >= 11 is 0. The minimum Gasteiger partial charge on any atom is -0.497 e. The molecular weight excluding hydrogens is 364 g/mol. The Kier molecular flexibility index (Phi) is 7.95. The molecule has 2 rings (SSSR count). The van der Waals surface area contributed by atoms with Crippen molar-refractivity contribution in [3.8, 4) is 23.0 Å². The smallest absolute Gasteiger partial charge is 0.233 e. The maximum Gasteiger partial charge on any atom is 0.233 e. The molecule has 8 nitrogen and oxygen atoms in total. The fourth-order valence-corrected chi connectivity index (χ4v) is 2.36. The number of rotatable bonds is 10. The maximum absolute atomic E-state index is 12.0.